The minimum absolute atomic E-state index is 0.00218. The number of carbonyl (C=O) groups excluding carboxylic acids is 2. The van der Waals surface area contributed by atoms with E-state index >= 15 is 0 Å². The highest BCUT2D eigenvalue weighted by atomic mass is 35.5. The molecule has 1 atom stereocenters. The van der Waals surface area contributed by atoms with Crippen molar-refractivity contribution >= 4 is 40.4 Å². The molecule has 1 fully saturated rings. The van der Waals surface area contributed by atoms with Gasteiger partial charge in [0.25, 0.3) is 0 Å². The van der Waals surface area contributed by atoms with Crippen molar-refractivity contribution in [3.05, 3.63) is 39.3 Å². The highest BCUT2D eigenvalue weighted by Crippen LogP contribution is 2.48. The summed E-state index contributed by atoms with van der Waals surface area (Å²) < 4.78 is 6.42. The van der Waals surface area contributed by atoms with E-state index < -0.39 is 0 Å². The smallest absolute Gasteiger partial charge is 0.233 e. The average molecular weight is 434 g/mol. The van der Waals surface area contributed by atoms with E-state index in [1.54, 1.807) is 13.1 Å². The summed E-state index contributed by atoms with van der Waals surface area (Å²) in [6.45, 7) is 6.23. The number of halogens is 1. The lowest BCUT2D eigenvalue weighted by atomic mass is 9.81. The SMILES string of the molecule is CCCOc1ccc2c(c1)C1(CCN(C(C)=O)C1)CN2C(=O)Cc1ncc(Cl)s1. The fraction of sp³-hybridized carbons (Fsp3) is 0.476. The zero-order valence-corrected chi connectivity index (χ0v) is 18.2. The Morgan fingerprint density at radius 1 is 1.34 bits per heavy atom. The molecule has 3 heterocycles. The van der Waals surface area contributed by atoms with Crippen LogP contribution in [0.15, 0.2) is 24.4 Å². The van der Waals surface area contributed by atoms with Gasteiger partial charge in [0.15, 0.2) is 0 Å². The van der Waals surface area contributed by atoms with Crippen LogP contribution in [0.25, 0.3) is 0 Å². The molecule has 154 valence electrons. The number of fused-ring (bicyclic) bond motifs is 2. The van der Waals surface area contributed by atoms with Gasteiger partial charge in [0.2, 0.25) is 11.8 Å². The summed E-state index contributed by atoms with van der Waals surface area (Å²) >= 11 is 7.30. The Morgan fingerprint density at radius 2 is 2.17 bits per heavy atom. The van der Waals surface area contributed by atoms with Crippen molar-refractivity contribution in [2.45, 2.75) is 38.5 Å². The van der Waals surface area contributed by atoms with Crippen molar-refractivity contribution in [2.24, 2.45) is 0 Å². The van der Waals surface area contributed by atoms with Gasteiger partial charge < -0.3 is 14.5 Å². The topological polar surface area (TPSA) is 62.7 Å². The zero-order chi connectivity index (χ0) is 20.6. The Hall–Kier alpha value is -2.12. The second-order valence-corrected chi connectivity index (χ2v) is 9.46. The first-order valence-corrected chi connectivity index (χ1v) is 11.0. The van der Waals surface area contributed by atoms with Crippen molar-refractivity contribution in [1.29, 1.82) is 0 Å². The van der Waals surface area contributed by atoms with E-state index in [0.29, 0.717) is 35.6 Å². The number of anilines is 1. The molecule has 29 heavy (non-hydrogen) atoms. The number of rotatable bonds is 5. The van der Waals surface area contributed by atoms with Gasteiger partial charge >= 0.3 is 0 Å². The molecule has 8 heteroatoms. The Bertz CT molecular complexity index is 947. The molecule has 4 rings (SSSR count). The van der Waals surface area contributed by atoms with Crippen molar-refractivity contribution in [2.75, 3.05) is 31.1 Å². The van der Waals surface area contributed by atoms with Crippen LogP contribution in [0, 0.1) is 0 Å². The molecule has 2 aromatic rings. The van der Waals surface area contributed by atoms with E-state index in [0.717, 1.165) is 29.8 Å². The molecular weight excluding hydrogens is 410 g/mol. The lowest BCUT2D eigenvalue weighted by molar-refractivity contribution is -0.127. The number of amides is 2. The summed E-state index contributed by atoms with van der Waals surface area (Å²) in [5.41, 5.74) is 1.76. The van der Waals surface area contributed by atoms with Gasteiger partial charge in [-0.05, 0) is 36.6 Å². The van der Waals surface area contributed by atoms with E-state index in [2.05, 4.69) is 18.0 Å². The Morgan fingerprint density at radius 3 is 2.83 bits per heavy atom. The third-order valence-corrected chi connectivity index (χ3v) is 6.81. The second kappa shape index (κ2) is 7.95. The van der Waals surface area contributed by atoms with Crippen LogP contribution in [0.2, 0.25) is 4.34 Å². The lowest BCUT2D eigenvalue weighted by Gasteiger charge is -2.25. The van der Waals surface area contributed by atoms with Crippen molar-refractivity contribution in [3.8, 4) is 5.75 Å². The highest BCUT2D eigenvalue weighted by molar-refractivity contribution is 7.15. The Labute approximate surface area is 179 Å². The molecule has 2 amide bonds. The van der Waals surface area contributed by atoms with Crippen LogP contribution in [-0.2, 0) is 21.4 Å². The van der Waals surface area contributed by atoms with E-state index in [-0.39, 0.29) is 23.7 Å². The summed E-state index contributed by atoms with van der Waals surface area (Å²) in [5.74, 6) is 0.883. The van der Waals surface area contributed by atoms with Gasteiger partial charge in [-0.1, -0.05) is 18.5 Å². The maximum atomic E-state index is 13.1. The van der Waals surface area contributed by atoms with Crippen molar-refractivity contribution in [3.63, 3.8) is 0 Å². The number of thiazole rings is 1. The number of hydrogen-bond donors (Lipinski definition) is 0. The van der Waals surface area contributed by atoms with Gasteiger partial charge in [0.1, 0.15) is 15.1 Å². The molecule has 1 spiro atoms. The molecule has 0 saturated carbocycles. The fourth-order valence-electron chi connectivity index (χ4n) is 4.27. The van der Waals surface area contributed by atoms with Crippen LogP contribution in [0.3, 0.4) is 0 Å². The fourth-order valence-corrected chi connectivity index (χ4v) is 5.21. The van der Waals surface area contributed by atoms with E-state index in [4.69, 9.17) is 16.3 Å². The zero-order valence-electron chi connectivity index (χ0n) is 16.6. The van der Waals surface area contributed by atoms with E-state index in [1.807, 2.05) is 21.9 Å². The molecule has 0 bridgehead atoms. The number of likely N-dealkylation sites (tertiary alicyclic amines) is 1. The van der Waals surface area contributed by atoms with Gasteiger partial charge in [0, 0.05) is 37.7 Å². The van der Waals surface area contributed by atoms with Gasteiger partial charge in [-0.25, -0.2) is 4.98 Å². The molecule has 1 aromatic carbocycles. The summed E-state index contributed by atoms with van der Waals surface area (Å²) in [7, 11) is 0. The maximum absolute atomic E-state index is 13.1. The number of benzene rings is 1. The average Bonchev–Trinajstić information content (AvgIpc) is 3.39. The van der Waals surface area contributed by atoms with Crippen LogP contribution < -0.4 is 9.64 Å². The van der Waals surface area contributed by atoms with Crippen LogP contribution in [-0.4, -0.2) is 47.9 Å². The Kier molecular flexibility index (Phi) is 5.53. The molecule has 0 aliphatic carbocycles. The maximum Gasteiger partial charge on any atom is 0.233 e. The van der Waals surface area contributed by atoms with Gasteiger partial charge in [-0.15, -0.1) is 11.3 Å². The third-order valence-electron chi connectivity index (χ3n) is 5.69. The molecule has 6 nitrogen and oxygen atoms in total. The molecule has 2 aliphatic rings. The third kappa shape index (κ3) is 3.85. The second-order valence-electron chi connectivity index (χ2n) is 7.71. The van der Waals surface area contributed by atoms with Crippen LogP contribution in [0.5, 0.6) is 5.75 Å². The van der Waals surface area contributed by atoms with Crippen LogP contribution >= 0.6 is 22.9 Å². The van der Waals surface area contributed by atoms with Gasteiger partial charge in [-0.3, -0.25) is 9.59 Å². The largest absolute Gasteiger partial charge is 0.494 e. The number of ether oxygens (including phenoxy) is 1. The molecule has 0 N–H and O–H groups in total. The number of nitrogens with zero attached hydrogens (tertiary/aromatic N) is 3. The Balaban J connectivity index is 1.65. The van der Waals surface area contributed by atoms with Crippen molar-refractivity contribution < 1.29 is 14.3 Å². The molecule has 1 unspecified atom stereocenters. The molecular formula is C21H24ClN3O3S. The summed E-state index contributed by atoms with van der Waals surface area (Å²) in [6.07, 6.45) is 3.57. The standard InChI is InChI=1S/C21H24ClN3O3S/c1-3-8-28-15-4-5-17-16(9-15)21(6-7-24(12-21)14(2)26)13-25(17)20(27)10-19-23-11-18(22)29-19/h4-5,9,11H,3,6-8,10,12-13H2,1-2H3. The number of aromatic nitrogens is 1. The lowest BCUT2D eigenvalue weighted by Crippen LogP contribution is -2.40. The number of carbonyl (C=O) groups is 2. The molecule has 1 saturated heterocycles. The van der Waals surface area contributed by atoms with Gasteiger partial charge in [0.05, 0.1) is 19.2 Å². The van der Waals surface area contributed by atoms with Crippen molar-refractivity contribution in [1.82, 2.24) is 9.88 Å². The quantitative estimate of drug-likeness (QED) is 0.721. The molecule has 1 aromatic heterocycles. The van der Waals surface area contributed by atoms with E-state index in [1.165, 1.54) is 11.3 Å². The molecule has 0 radical (unpaired) electrons. The molecule has 2 aliphatic heterocycles. The summed E-state index contributed by atoms with van der Waals surface area (Å²) in [5, 5.41) is 0.710. The normalized spacial score (nSPS) is 20.4. The minimum atomic E-state index is -0.247. The van der Waals surface area contributed by atoms with Crippen LogP contribution in [0.1, 0.15) is 37.3 Å². The highest BCUT2D eigenvalue weighted by Gasteiger charge is 2.49. The number of hydrogen-bond acceptors (Lipinski definition) is 5. The van der Waals surface area contributed by atoms with E-state index in [9.17, 15) is 9.59 Å². The first-order valence-electron chi connectivity index (χ1n) is 9.85. The predicted octanol–water partition coefficient (Wildman–Crippen LogP) is 3.66. The monoisotopic (exact) mass is 433 g/mol. The van der Waals surface area contributed by atoms with Gasteiger partial charge in [-0.2, -0.15) is 0 Å². The minimum Gasteiger partial charge on any atom is -0.494 e. The first kappa shape index (κ1) is 20.2. The first-order chi connectivity index (χ1) is 13.9. The summed E-state index contributed by atoms with van der Waals surface area (Å²) in [6, 6.07) is 5.95. The summed E-state index contributed by atoms with van der Waals surface area (Å²) in [4.78, 5) is 33.0. The predicted molar refractivity (Wildman–Crippen MR) is 114 cm³/mol. The van der Waals surface area contributed by atoms with Crippen LogP contribution in [0.4, 0.5) is 5.69 Å².